The van der Waals surface area contributed by atoms with Gasteiger partial charge in [0.15, 0.2) is 0 Å². The molecule has 1 radical (unpaired) electrons. The van der Waals surface area contributed by atoms with Gasteiger partial charge in [0, 0.05) is 11.7 Å². The topological polar surface area (TPSA) is 53.4 Å². The van der Waals surface area contributed by atoms with Crippen LogP contribution in [0.1, 0.15) is 0 Å². The molecule has 0 spiro atoms. The molecule has 45 valence electrons. The molecule has 3 nitrogen and oxygen atoms in total. The van der Waals surface area contributed by atoms with Gasteiger partial charge in [0.05, 0.1) is 6.20 Å². The molecule has 0 unspecified atom stereocenters. The van der Waals surface area contributed by atoms with Crippen molar-refractivity contribution in [2.45, 2.75) is 0 Å². The van der Waals surface area contributed by atoms with Gasteiger partial charge >= 0.3 is 7.12 Å². The van der Waals surface area contributed by atoms with Crippen LogP contribution < -0.4 is 5.46 Å². The van der Waals surface area contributed by atoms with E-state index in [0.717, 1.165) is 0 Å². The lowest BCUT2D eigenvalue weighted by Gasteiger charge is -1.92. The van der Waals surface area contributed by atoms with Crippen molar-refractivity contribution in [1.82, 2.24) is 4.98 Å². The highest BCUT2D eigenvalue weighted by Crippen LogP contribution is 1.76. The van der Waals surface area contributed by atoms with E-state index in [1.165, 1.54) is 12.3 Å². The Bertz CT molecular complexity index is 178. The van der Waals surface area contributed by atoms with Gasteiger partial charge in [-0.15, -0.1) is 0 Å². The van der Waals surface area contributed by atoms with Crippen molar-refractivity contribution in [2.24, 2.45) is 0 Å². The van der Waals surface area contributed by atoms with E-state index >= 15 is 0 Å². The molecule has 0 aliphatic rings. The van der Waals surface area contributed by atoms with Crippen LogP contribution in [0.2, 0.25) is 0 Å². The van der Waals surface area contributed by atoms with Crippen molar-refractivity contribution < 1.29 is 10.0 Å². The first kappa shape index (κ1) is 6.26. The number of hydrogen-bond donors (Lipinski definition) is 2. The molecule has 0 aliphatic carbocycles. The van der Waals surface area contributed by atoms with E-state index in [-0.39, 0.29) is 5.46 Å². The third-order valence-electron chi connectivity index (χ3n) is 0.908. The minimum atomic E-state index is -1.46. The van der Waals surface area contributed by atoms with Crippen molar-refractivity contribution in [1.29, 1.82) is 0 Å². The van der Waals surface area contributed by atoms with E-state index < -0.39 is 7.12 Å². The summed E-state index contributed by atoms with van der Waals surface area (Å²) in [6, 6.07) is 3.16. The molecule has 1 rings (SSSR count). The normalized spacial score (nSPS) is 9.11. The SMILES string of the molecule is OB(O)c1[c]nccc1. The molecule has 9 heavy (non-hydrogen) atoms. The third kappa shape index (κ3) is 1.52. The summed E-state index contributed by atoms with van der Waals surface area (Å²) in [5.74, 6) is 0. The lowest BCUT2D eigenvalue weighted by Crippen LogP contribution is -2.30. The molecule has 1 aromatic rings. The second-order valence-corrected chi connectivity index (χ2v) is 1.58. The van der Waals surface area contributed by atoms with Crippen molar-refractivity contribution in [2.75, 3.05) is 0 Å². The van der Waals surface area contributed by atoms with Crippen molar-refractivity contribution in [3.8, 4) is 0 Å². The van der Waals surface area contributed by atoms with E-state index in [9.17, 15) is 0 Å². The first-order chi connectivity index (χ1) is 4.30. The molecule has 0 fully saturated rings. The molecule has 0 amide bonds. The maximum absolute atomic E-state index is 8.51. The molecule has 1 aromatic heterocycles. The van der Waals surface area contributed by atoms with Gasteiger partial charge in [-0.3, -0.25) is 4.98 Å². The molecule has 0 bridgehead atoms. The van der Waals surface area contributed by atoms with Crippen LogP contribution >= 0.6 is 0 Å². The summed E-state index contributed by atoms with van der Waals surface area (Å²) in [7, 11) is -1.46. The van der Waals surface area contributed by atoms with E-state index in [0.29, 0.717) is 0 Å². The molecular formula is C5H5BNO2. The Hall–Kier alpha value is -0.865. The van der Waals surface area contributed by atoms with E-state index in [4.69, 9.17) is 10.0 Å². The van der Waals surface area contributed by atoms with E-state index in [2.05, 4.69) is 11.2 Å². The van der Waals surface area contributed by atoms with Crippen LogP contribution in [0.15, 0.2) is 18.3 Å². The Kier molecular flexibility index (Phi) is 1.82. The Labute approximate surface area is 53.1 Å². The fourth-order valence-corrected chi connectivity index (χ4v) is 0.483. The van der Waals surface area contributed by atoms with Gasteiger partial charge in [-0.05, 0) is 6.07 Å². The van der Waals surface area contributed by atoms with Crippen LogP contribution in [-0.2, 0) is 0 Å². The minimum absolute atomic E-state index is 0.289. The molecule has 4 heteroatoms. The Morgan fingerprint density at radius 3 is 2.67 bits per heavy atom. The average molecular weight is 122 g/mol. The van der Waals surface area contributed by atoms with Gasteiger partial charge in [-0.25, -0.2) is 0 Å². The molecule has 2 N–H and O–H groups in total. The molecular weight excluding hydrogens is 117 g/mol. The van der Waals surface area contributed by atoms with Crippen molar-refractivity contribution in [3.63, 3.8) is 0 Å². The highest BCUT2D eigenvalue weighted by Gasteiger charge is 2.09. The van der Waals surface area contributed by atoms with Gasteiger partial charge in [0.1, 0.15) is 0 Å². The quantitative estimate of drug-likeness (QED) is 0.448. The molecule has 0 aromatic carbocycles. The molecule has 1 heterocycles. The van der Waals surface area contributed by atoms with E-state index in [1.54, 1.807) is 6.07 Å². The van der Waals surface area contributed by atoms with Gasteiger partial charge in [0.2, 0.25) is 0 Å². The number of hydrogen-bond acceptors (Lipinski definition) is 3. The Balaban J connectivity index is 2.85. The molecule has 0 aliphatic heterocycles. The van der Waals surface area contributed by atoms with Crippen LogP contribution in [-0.4, -0.2) is 22.2 Å². The summed E-state index contributed by atoms with van der Waals surface area (Å²) in [5, 5.41) is 17.0. The zero-order valence-corrected chi connectivity index (χ0v) is 4.65. The van der Waals surface area contributed by atoms with Crippen molar-refractivity contribution >= 4 is 12.6 Å². The largest absolute Gasteiger partial charge is 0.490 e. The van der Waals surface area contributed by atoms with Crippen LogP contribution in [0.5, 0.6) is 0 Å². The lowest BCUT2D eigenvalue weighted by atomic mass is 9.82. The second kappa shape index (κ2) is 2.61. The summed E-state index contributed by atoms with van der Waals surface area (Å²) >= 11 is 0. The standard InChI is InChI=1S/C5H5BNO2/c8-6(9)5-2-1-3-7-4-5/h1-3,8-9H. The fourth-order valence-electron chi connectivity index (χ4n) is 0.483. The smallest absolute Gasteiger partial charge is 0.423 e. The fraction of sp³-hybridized carbons (Fsp3) is 0. The maximum atomic E-state index is 8.51. The molecule has 0 atom stereocenters. The summed E-state index contributed by atoms with van der Waals surface area (Å²) in [6.07, 6.45) is 3.94. The maximum Gasteiger partial charge on any atom is 0.490 e. The summed E-state index contributed by atoms with van der Waals surface area (Å²) in [5.41, 5.74) is 0.289. The van der Waals surface area contributed by atoms with Gasteiger partial charge in [0.25, 0.3) is 0 Å². The Morgan fingerprint density at radius 1 is 1.56 bits per heavy atom. The number of aromatic nitrogens is 1. The number of nitrogens with zero attached hydrogens (tertiary/aromatic N) is 1. The minimum Gasteiger partial charge on any atom is -0.423 e. The first-order valence-electron chi connectivity index (χ1n) is 2.49. The highest BCUT2D eigenvalue weighted by atomic mass is 16.4. The number of pyridine rings is 1. The lowest BCUT2D eigenvalue weighted by molar-refractivity contribution is 0.425. The van der Waals surface area contributed by atoms with Crippen LogP contribution in [0, 0.1) is 6.20 Å². The van der Waals surface area contributed by atoms with Gasteiger partial charge in [-0.1, -0.05) is 6.07 Å². The average Bonchev–Trinajstić information content (AvgIpc) is 1.90. The third-order valence-corrected chi connectivity index (χ3v) is 0.908. The Morgan fingerprint density at radius 2 is 2.33 bits per heavy atom. The summed E-state index contributed by atoms with van der Waals surface area (Å²) < 4.78 is 0. The van der Waals surface area contributed by atoms with Crippen LogP contribution in [0.4, 0.5) is 0 Å². The zero-order valence-electron chi connectivity index (χ0n) is 4.65. The first-order valence-corrected chi connectivity index (χ1v) is 2.49. The van der Waals surface area contributed by atoms with Gasteiger partial charge < -0.3 is 10.0 Å². The monoisotopic (exact) mass is 122 g/mol. The predicted octanol–water partition coefficient (Wildman–Crippen LogP) is -1.44. The molecule has 0 saturated heterocycles. The predicted molar refractivity (Wildman–Crippen MR) is 32.9 cm³/mol. The molecule has 0 saturated carbocycles. The number of rotatable bonds is 1. The second-order valence-electron chi connectivity index (χ2n) is 1.58. The zero-order chi connectivity index (χ0) is 6.69. The van der Waals surface area contributed by atoms with E-state index in [1.807, 2.05) is 0 Å². The van der Waals surface area contributed by atoms with Crippen LogP contribution in [0.25, 0.3) is 0 Å². The van der Waals surface area contributed by atoms with Crippen molar-refractivity contribution in [3.05, 3.63) is 24.5 Å². The summed E-state index contributed by atoms with van der Waals surface area (Å²) in [6.45, 7) is 0. The van der Waals surface area contributed by atoms with Crippen LogP contribution in [0.3, 0.4) is 0 Å². The summed E-state index contributed by atoms with van der Waals surface area (Å²) in [4.78, 5) is 3.56. The highest BCUT2D eigenvalue weighted by molar-refractivity contribution is 6.58. The van der Waals surface area contributed by atoms with Gasteiger partial charge in [-0.2, -0.15) is 0 Å².